The van der Waals surface area contributed by atoms with E-state index in [4.69, 9.17) is 29.5 Å². The van der Waals surface area contributed by atoms with E-state index in [9.17, 15) is 18.0 Å². The van der Waals surface area contributed by atoms with Gasteiger partial charge in [-0.05, 0) is 37.4 Å². The Labute approximate surface area is 273 Å². The van der Waals surface area contributed by atoms with Crippen molar-refractivity contribution in [3.63, 3.8) is 0 Å². The Balaban J connectivity index is 1.65. The van der Waals surface area contributed by atoms with E-state index in [0.29, 0.717) is 49.2 Å². The highest BCUT2D eigenvalue weighted by Gasteiger charge is 2.38. The molecule has 248 valence electrons. The fourth-order valence-electron chi connectivity index (χ4n) is 5.40. The smallest absolute Gasteiger partial charge is 0.359 e. The van der Waals surface area contributed by atoms with E-state index in [2.05, 4.69) is 4.90 Å². The highest BCUT2D eigenvalue weighted by Crippen LogP contribution is 2.43. The third kappa shape index (κ3) is 7.18. The molecule has 0 saturated carbocycles. The number of carbonyl (C=O) groups excluding carboxylic acids is 2. The van der Waals surface area contributed by atoms with Crippen molar-refractivity contribution >= 4 is 38.8 Å². The Kier molecular flexibility index (Phi) is 10.3. The van der Waals surface area contributed by atoms with E-state index in [-0.39, 0.29) is 47.8 Å². The summed E-state index contributed by atoms with van der Waals surface area (Å²) < 4.78 is 52.2. The number of ether oxygens (including phenoxy) is 3. The van der Waals surface area contributed by atoms with Crippen molar-refractivity contribution in [1.29, 1.82) is 5.41 Å². The summed E-state index contributed by atoms with van der Waals surface area (Å²) in [7, 11) is -4.62. The van der Waals surface area contributed by atoms with Crippen LogP contribution in [0.3, 0.4) is 0 Å². The lowest BCUT2D eigenvalue weighted by Crippen LogP contribution is -2.51. The first-order valence-electron chi connectivity index (χ1n) is 15.2. The largest absolute Gasteiger partial charge is 0.486 e. The van der Waals surface area contributed by atoms with Crippen molar-refractivity contribution in [2.45, 2.75) is 18.7 Å². The monoisotopic (exact) mass is 663 g/mol. The van der Waals surface area contributed by atoms with Crippen LogP contribution in [0.15, 0.2) is 77.7 Å². The second-order valence-electron chi connectivity index (χ2n) is 10.5. The Bertz CT molecular complexity index is 1860. The number of benzene rings is 3. The molecule has 14 heteroatoms. The number of fused-ring (bicyclic) bond motifs is 1. The van der Waals surface area contributed by atoms with Gasteiger partial charge < -0.3 is 29.0 Å². The molecule has 2 heterocycles. The normalized spacial score (nSPS) is 13.7. The summed E-state index contributed by atoms with van der Waals surface area (Å²) >= 11 is 0. The van der Waals surface area contributed by atoms with Gasteiger partial charge in [-0.25, -0.2) is 9.59 Å². The highest BCUT2D eigenvalue weighted by molar-refractivity contribution is 7.87. The van der Waals surface area contributed by atoms with E-state index in [0.717, 1.165) is 0 Å². The third-order valence-electron chi connectivity index (χ3n) is 7.61. The lowest BCUT2D eigenvalue weighted by molar-refractivity contribution is 0.0507. The summed E-state index contributed by atoms with van der Waals surface area (Å²) in [4.78, 5) is 31.0. The summed E-state index contributed by atoms with van der Waals surface area (Å²) in [5.41, 5.74) is 5.39. The predicted octanol–water partition coefficient (Wildman–Crippen LogP) is 3.64. The molecular weight excluding hydrogens is 626 g/mol. The molecule has 3 N–H and O–H groups in total. The predicted molar refractivity (Wildman–Crippen MR) is 175 cm³/mol. The number of carbonyl (C=O) groups is 2. The molecule has 0 spiro atoms. The average Bonchev–Trinajstić information content (AvgIpc) is 3.38. The average molecular weight is 664 g/mol. The van der Waals surface area contributed by atoms with E-state index in [1.165, 1.54) is 10.6 Å². The van der Waals surface area contributed by atoms with Gasteiger partial charge in [-0.2, -0.15) is 8.42 Å². The fourth-order valence-corrected chi connectivity index (χ4v) is 6.57. The number of esters is 2. The first kappa shape index (κ1) is 33.3. The van der Waals surface area contributed by atoms with Crippen LogP contribution in [0.5, 0.6) is 11.5 Å². The lowest BCUT2D eigenvalue weighted by Gasteiger charge is -2.34. The zero-order chi connectivity index (χ0) is 33.6. The topological polar surface area (TPSA) is 166 Å². The molecule has 1 aromatic heterocycles. The van der Waals surface area contributed by atoms with Crippen LogP contribution in [0.25, 0.3) is 16.5 Å². The maximum atomic E-state index is 14.1. The number of rotatable bonds is 12. The van der Waals surface area contributed by atoms with Gasteiger partial charge in [0, 0.05) is 43.8 Å². The van der Waals surface area contributed by atoms with Gasteiger partial charge in [0.2, 0.25) is 5.75 Å². The molecule has 1 fully saturated rings. The molecule has 0 amide bonds. The molecule has 47 heavy (non-hydrogen) atoms. The van der Waals surface area contributed by atoms with E-state index >= 15 is 0 Å². The first-order chi connectivity index (χ1) is 22.7. The van der Waals surface area contributed by atoms with Crippen LogP contribution in [0.4, 0.5) is 0 Å². The molecule has 5 rings (SSSR count). The maximum Gasteiger partial charge on any atom is 0.359 e. The van der Waals surface area contributed by atoms with Gasteiger partial charge in [-0.1, -0.05) is 54.6 Å². The van der Waals surface area contributed by atoms with Gasteiger partial charge in [-0.15, -0.1) is 0 Å². The number of para-hydroxylation sites is 1. The molecule has 0 aliphatic carbocycles. The zero-order valence-electron chi connectivity index (χ0n) is 26.2. The number of aromatic nitrogens is 1. The summed E-state index contributed by atoms with van der Waals surface area (Å²) in [6.45, 7) is 5.89. The van der Waals surface area contributed by atoms with Gasteiger partial charge in [0.15, 0.2) is 23.1 Å². The highest BCUT2D eigenvalue weighted by atomic mass is 32.2. The Morgan fingerprint density at radius 1 is 0.809 bits per heavy atom. The molecule has 0 atom stereocenters. The first-order valence-corrected chi connectivity index (χ1v) is 16.6. The van der Waals surface area contributed by atoms with E-state index in [1.807, 2.05) is 0 Å². The molecular formula is C33H37N5O8S. The molecule has 1 aliphatic rings. The standard InChI is InChI=1S/C33H37N5O8S/c1-3-43-31(39)27-29(45-22-21-36-17-19-37(20-18-36)33(34)35)30(28(32(40)44-4-2)38(27)24-13-6-5-7-14-24)46-47(41,42)26-16-10-12-23-11-8-9-15-25(23)26/h5-16H,3-4,17-22H2,1-2H3,(H3,34,35). The van der Waals surface area contributed by atoms with Gasteiger partial charge in [-0.3, -0.25) is 14.9 Å². The molecule has 0 unspecified atom stereocenters. The van der Waals surface area contributed by atoms with Crippen LogP contribution in [0, 0.1) is 5.41 Å². The SMILES string of the molecule is CCOC(=O)c1c(OCCN2CCN(C(=N)N)CC2)c(OS(=O)(=O)c2cccc3ccccc23)c(C(=O)OCC)n1-c1ccccc1. The second kappa shape index (κ2) is 14.6. The minimum atomic E-state index is -4.62. The minimum absolute atomic E-state index is 0.00177. The van der Waals surface area contributed by atoms with Crippen LogP contribution >= 0.6 is 0 Å². The quantitative estimate of drug-likeness (QED) is 0.0983. The van der Waals surface area contributed by atoms with Gasteiger partial charge in [0.1, 0.15) is 11.5 Å². The molecule has 13 nitrogen and oxygen atoms in total. The molecule has 4 aromatic rings. The van der Waals surface area contributed by atoms with Crippen molar-refractivity contribution in [3.05, 3.63) is 84.2 Å². The Morgan fingerprint density at radius 2 is 1.40 bits per heavy atom. The van der Waals surface area contributed by atoms with Crippen LogP contribution in [0.1, 0.15) is 34.8 Å². The maximum absolute atomic E-state index is 14.1. The number of piperazine rings is 1. The number of guanidine groups is 1. The number of hydrogen-bond donors (Lipinski definition) is 2. The minimum Gasteiger partial charge on any atom is -0.486 e. The third-order valence-corrected chi connectivity index (χ3v) is 8.90. The molecule has 0 radical (unpaired) electrons. The van der Waals surface area contributed by atoms with Crippen molar-refractivity contribution in [1.82, 2.24) is 14.4 Å². The van der Waals surface area contributed by atoms with E-state index in [1.54, 1.807) is 85.5 Å². The summed E-state index contributed by atoms with van der Waals surface area (Å²) in [6, 6.07) is 20.1. The Hall–Kier alpha value is -5.08. The fraction of sp³-hybridized carbons (Fsp3) is 0.303. The van der Waals surface area contributed by atoms with Crippen molar-refractivity contribution in [2.75, 3.05) is 52.5 Å². The number of nitrogens with zero attached hydrogens (tertiary/aromatic N) is 3. The zero-order valence-corrected chi connectivity index (χ0v) is 27.0. The van der Waals surface area contributed by atoms with E-state index < -0.39 is 27.8 Å². The van der Waals surface area contributed by atoms with Gasteiger partial charge >= 0.3 is 22.1 Å². The number of hydrogen-bond acceptors (Lipinski definition) is 10. The molecule has 3 aromatic carbocycles. The Morgan fingerprint density at radius 3 is 2.04 bits per heavy atom. The van der Waals surface area contributed by atoms with Crippen LogP contribution in [0.2, 0.25) is 0 Å². The summed E-state index contributed by atoms with van der Waals surface area (Å²) in [5.74, 6) is -2.56. The number of nitrogens with two attached hydrogens (primary N) is 1. The second-order valence-corrected chi connectivity index (χ2v) is 12.1. The number of nitrogens with one attached hydrogen (secondary N) is 1. The summed E-state index contributed by atoms with van der Waals surface area (Å²) in [5, 5.41) is 8.75. The van der Waals surface area contributed by atoms with Crippen LogP contribution in [-0.2, 0) is 19.6 Å². The lowest BCUT2D eigenvalue weighted by atomic mass is 10.1. The van der Waals surface area contributed by atoms with Crippen molar-refractivity contribution in [2.24, 2.45) is 5.73 Å². The molecule has 1 aliphatic heterocycles. The van der Waals surface area contributed by atoms with Crippen LogP contribution in [-0.4, -0.2) is 93.2 Å². The van der Waals surface area contributed by atoms with Crippen molar-refractivity contribution in [3.8, 4) is 17.2 Å². The van der Waals surface area contributed by atoms with Crippen LogP contribution < -0.4 is 14.7 Å². The van der Waals surface area contributed by atoms with Gasteiger partial charge in [0.25, 0.3) is 0 Å². The molecule has 0 bridgehead atoms. The summed E-state index contributed by atoms with van der Waals surface area (Å²) in [6.07, 6.45) is 0. The van der Waals surface area contributed by atoms with Gasteiger partial charge in [0.05, 0.1) is 13.2 Å². The molecule has 1 saturated heterocycles. The van der Waals surface area contributed by atoms with Crippen molar-refractivity contribution < 1.29 is 36.4 Å².